The number of morpholine rings is 1. The van der Waals surface area contributed by atoms with Crippen molar-refractivity contribution in [2.24, 2.45) is 0 Å². The second-order valence-corrected chi connectivity index (χ2v) is 7.45. The molecule has 1 aromatic carbocycles. The van der Waals surface area contributed by atoms with Crippen LogP contribution >= 0.6 is 0 Å². The van der Waals surface area contributed by atoms with Crippen LogP contribution in [0, 0.1) is 0 Å². The topological polar surface area (TPSA) is 104 Å². The number of hydrogen-bond donors (Lipinski definition) is 1. The quantitative estimate of drug-likeness (QED) is 0.460. The average Bonchev–Trinajstić information content (AvgIpc) is 3.24. The molecule has 5 rings (SSSR count). The number of fused-ring (bicyclic) bond motifs is 1. The lowest BCUT2D eigenvalue weighted by Crippen LogP contribution is -2.37. The van der Waals surface area contributed by atoms with Crippen molar-refractivity contribution in [1.82, 2.24) is 24.5 Å². The standard InChI is InChI=1S/C22H21F2N7O2/c1-32-17-10-14(25)9-16-19(17)29-21(20(23)24)31(16)22-27-15(13-3-2-4-26-12-13)11-18(28-22)30-5-7-33-8-6-30/h2-4,9-12,20H,5-8,25H2,1H3. The number of rotatable bonds is 5. The fourth-order valence-electron chi connectivity index (χ4n) is 3.84. The molecule has 33 heavy (non-hydrogen) atoms. The first-order chi connectivity index (χ1) is 16.0. The van der Waals surface area contributed by atoms with E-state index in [2.05, 4.69) is 19.9 Å². The average molecular weight is 453 g/mol. The molecule has 0 unspecified atom stereocenters. The van der Waals surface area contributed by atoms with E-state index < -0.39 is 12.2 Å². The third-order valence-electron chi connectivity index (χ3n) is 5.38. The van der Waals surface area contributed by atoms with Gasteiger partial charge in [-0.3, -0.25) is 9.55 Å². The Morgan fingerprint density at radius 1 is 1.12 bits per heavy atom. The number of ether oxygens (including phenoxy) is 2. The molecule has 2 N–H and O–H groups in total. The number of aromatic nitrogens is 5. The Kier molecular flexibility index (Phi) is 5.47. The highest BCUT2D eigenvalue weighted by Gasteiger charge is 2.26. The predicted octanol–water partition coefficient (Wildman–Crippen LogP) is 3.24. The van der Waals surface area contributed by atoms with Gasteiger partial charge in [-0.25, -0.2) is 18.7 Å². The number of nitrogen functional groups attached to an aromatic ring is 1. The Balaban J connectivity index is 1.78. The molecule has 0 aliphatic carbocycles. The highest BCUT2D eigenvalue weighted by atomic mass is 19.3. The van der Waals surface area contributed by atoms with Crippen LogP contribution < -0.4 is 15.4 Å². The van der Waals surface area contributed by atoms with Crippen LogP contribution in [0.2, 0.25) is 0 Å². The Hall–Kier alpha value is -3.86. The molecule has 1 saturated heterocycles. The maximum absolute atomic E-state index is 14.1. The van der Waals surface area contributed by atoms with Gasteiger partial charge in [0.05, 0.1) is 31.5 Å². The Morgan fingerprint density at radius 3 is 2.64 bits per heavy atom. The highest BCUT2D eigenvalue weighted by Crippen LogP contribution is 2.34. The summed E-state index contributed by atoms with van der Waals surface area (Å²) in [6.07, 6.45) is 0.443. The normalized spacial score (nSPS) is 14.2. The van der Waals surface area contributed by atoms with Crippen LogP contribution in [0.5, 0.6) is 5.75 Å². The molecule has 0 saturated carbocycles. The van der Waals surface area contributed by atoms with E-state index in [-0.39, 0.29) is 11.5 Å². The monoisotopic (exact) mass is 453 g/mol. The number of nitrogens with two attached hydrogens (primary N) is 1. The van der Waals surface area contributed by atoms with Crippen LogP contribution in [0.4, 0.5) is 20.3 Å². The van der Waals surface area contributed by atoms with Crippen molar-refractivity contribution in [3.63, 3.8) is 0 Å². The lowest BCUT2D eigenvalue weighted by atomic mass is 10.2. The number of nitrogens with zero attached hydrogens (tertiary/aromatic N) is 6. The van der Waals surface area contributed by atoms with Crippen molar-refractivity contribution in [2.45, 2.75) is 6.43 Å². The molecule has 11 heteroatoms. The van der Waals surface area contributed by atoms with Gasteiger partial charge in [-0.05, 0) is 18.2 Å². The van der Waals surface area contributed by atoms with E-state index in [1.54, 1.807) is 30.6 Å². The van der Waals surface area contributed by atoms with E-state index in [1.807, 2.05) is 17.0 Å². The summed E-state index contributed by atoms with van der Waals surface area (Å²) in [6.45, 7) is 2.34. The molecule has 0 atom stereocenters. The molecule has 1 aliphatic rings. The molecule has 0 amide bonds. The summed E-state index contributed by atoms with van der Waals surface area (Å²) < 4.78 is 40.3. The Labute approximate surface area is 187 Å². The third kappa shape index (κ3) is 3.91. The van der Waals surface area contributed by atoms with E-state index in [1.165, 1.54) is 11.7 Å². The molecule has 1 fully saturated rings. The zero-order valence-electron chi connectivity index (χ0n) is 17.8. The van der Waals surface area contributed by atoms with E-state index in [0.29, 0.717) is 54.8 Å². The fourth-order valence-corrected chi connectivity index (χ4v) is 3.84. The fraction of sp³-hybridized carbons (Fsp3) is 0.273. The minimum atomic E-state index is -2.87. The lowest BCUT2D eigenvalue weighted by molar-refractivity contribution is 0.122. The molecule has 0 radical (unpaired) electrons. The van der Waals surface area contributed by atoms with Crippen molar-refractivity contribution >= 4 is 22.5 Å². The van der Waals surface area contributed by atoms with Crippen LogP contribution in [0.3, 0.4) is 0 Å². The van der Waals surface area contributed by atoms with Crippen LogP contribution in [-0.2, 0) is 4.74 Å². The van der Waals surface area contributed by atoms with Crippen molar-refractivity contribution in [2.75, 3.05) is 44.0 Å². The van der Waals surface area contributed by atoms with E-state index in [0.717, 1.165) is 5.56 Å². The molecular formula is C22H21F2N7O2. The zero-order valence-corrected chi connectivity index (χ0v) is 17.8. The number of methoxy groups -OCH3 is 1. The number of benzene rings is 1. The molecule has 170 valence electrons. The Morgan fingerprint density at radius 2 is 1.94 bits per heavy atom. The molecule has 3 aromatic heterocycles. The highest BCUT2D eigenvalue weighted by molar-refractivity contribution is 5.87. The number of pyridine rings is 1. The van der Waals surface area contributed by atoms with Crippen LogP contribution in [0.15, 0.2) is 42.7 Å². The van der Waals surface area contributed by atoms with Crippen LogP contribution in [0.25, 0.3) is 28.2 Å². The lowest BCUT2D eigenvalue weighted by Gasteiger charge is -2.28. The molecule has 4 aromatic rings. The van der Waals surface area contributed by atoms with Gasteiger partial charge >= 0.3 is 0 Å². The van der Waals surface area contributed by atoms with Gasteiger partial charge < -0.3 is 20.1 Å². The number of halogens is 2. The van der Waals surface area contributed by atoms with Gasteiger partial charge in [0, 0.05) is 48.9 Å². The first-order valence-corrected chi connectivity index (χ1v) is 10.3. The third-order valence-corrected chi connectivity index (χ3v) is 5.38. The van der Waals surface area contributed by atoms with E-state index in [4.69, 9.17) is 15.2 Å². The van der Waals surface area contributed by atoms with Crippen molar-refractivity contribution in [3.05, 3.63) is 48.5 Å². The number of anilines is 2. The summed E-state index contributed by atoms with van der Waals surface area (Å²) in [7, 11) is 1.44. The van der Waals surface area contributed by atoms with Gasteiger partial charge in [-0.2, -0.15) is 4.98 Å². The second-order valence-electron chi connectivity index (χ2n) is 7.45. The summed E-state index contributed by atoms with van der Waals surface area (Å²) in [5, 5.41) is 0. The van der Waals surface area contributed by atoms with Gasteiger partial charge in [0.2, 0.25) is 5.95 Å². The minimum Gasteiger partial charge on any atom is -0.494 e. The smallest absolute Gasteiger partial charge is 0.296 e. The molecule has 0 bridgehead atoms. The summed E-state index contributed by atoms with van der Waals surface area (Å²) in [5.41, 5.74) is 8.23. The van der Waals surface area contributed by atoms with Crippen LogP contribution in [-0.4, -0.2) is 57.9 Å². The molecule has 9 nitrogen and oxygen atoms in total. The summed E-state index contributed by atoms with van der Waals surface area (Å²) >= 11 is 0. The maximum atomic E-state index is 14.1. The Bertz CT molecular complexity index is 1290. The molecule has 1 aliphatic heterocycles. The first-order valence-electron chi connectivity index (χ1n) is 10.3. The largest absolute Gasteiger partial charge is 0.494 e. The molecular weight excluding hydrogens is 432 g/mol. The predicted molar refractivity (Wildman–Crippen MR) is 119 cm³/mol. The molecule has 4 heterocycles. The van der Waals surface area contributed by atoms with Crippen molar-refractivity contribution < 1.29 is 18.3 Å². The zero-order chi connectivity index (χ0) is 22.9. The van der Waals surface area contributed by atoms with E-state index in [9.17, 15) is 8.78 Å². The van der Waals surface area contributed by atoms with E-state index >= 15 is 0 Å². The van der Waals surface area contributed by atoms with Gasteiger partial charge in [0.25, 0.3) is 6.43 Å². The molecule has 0 spiro atoms. The SMILES string of the molecule is COc1cc(N)cc2c1nc(C(F)F)n2-c1nc(-c2cccnc2)cc(N2CCOCC2)n1. The van der Waals surface area contributed by atoms with Gasteiger partial charge in [-0.1, -0.05) is 0 Å². The number of hydrogen-bond acceptors (Lipinski definition) is 8. The van der Waals surface area contributed by atoms with Gasteiger partial charge in [-0.15, -0.1) is 0 Å². The summed E-state index contributed by atoms with van der Waals surface area (Å²) in [5.74, 6) is 0.455. The van der Waals surface area contributed by atoms with Crippen LogP contribution in [0.1, 0.15) is 12.2 Å². The number of imidazole rings is 1. The maximum Gasteiger partial charge on any atom is 0.296 e. The minimum absolute atomic E-state index is 0.0586. The van der Waals surface area contributed by atoms with Crippen molar-refractivity contribution in [3.8, 4) is 23.0 Å². The van der Waals surface area contributed by atoms with Gasteiger partial charge in [0.1, 0.15) is 17.1 Å². The van der Waals surface area contributed by atoms with Crippen molar-refractivity contribution in [1.29, 1.82) is 0 Å². The van der Waals surface area contributed by atoms with Gasteiger partial charge in [0.15, 0.2) is 5.82 Å². The second kappa shape index (κ2) is 8.58. The summed E-state index contributed by atoms with van der Waals surface area (Å²) in [6, 6.07) is 8.56. The first kappa shape index (κ1) is 21.0. The number of alkyl halides is 2. The summed E-state index contributed by atoms with van der Waals surface area (Å²) in [4.78, 5) is 19.6.